The second-order valence-electron chi connectivity index (χ2n) is 6.46. The second kappa shape index (κ2) is 8.57. The van der Waals surface area contributed by atoms with Gasteiger partial charge in [-0.15, -0.1) is 0 Å². The van der Waals surface area contributed by atoms with Gasteiger partial charge in [0.1, 0.15) is 19.2 Å². The smallest absolute Gasteiger partial charge is 0.405 e. The van der Waals surface area contributed by atoms with Crippen molar-refractivity contribution in [2.75, 3.05) is 13.1 Å². The number of rotatable bonds is 6. The first kappa shape index (κ1) is 19.4. The molecule has 1 aromatic carbocycles. The number of carbonyl (C=O) groups excluding carboxylic acids is 3. The first-order valence-corrected chi connectivity index (χ1v) is 8.78. The molecule has 2 heterocycles. The van der Waals surface area contributed by atoms with Crippen molar-refractivity contribution in [3.8, 4) is 0 Å². The summed E-state index contributed by atoms with van der Waals surface area (Å²) >= 11 is 0. The summed E-state index contributed by atoms with van der Waals surface area (Å²) in [5.74, 6) is -1.26. The van der Waals surface area contributed by atoms with E-state index < -0.39 is 36.5 Å². The Kier molecular flexibility index (Phi) is 5.94. The molecule has 0 spiro atoms. The zero-order valence-corrected chi connectivity index (χ0v) is 15.0. The largest absolute Gasteiger partial charge is 0.465 e. The predicted molar refractivity (Wildman–Crippen MR) is 94.3 cm³/mol. The van der Waals surface area contributed by atoms with Crippen LogP contribution in [0.1, 0.15) is 18.4 Å². The summed E-state index contributed by atoms with van der Waals surface area (Å²) in [6, 6.07) is 8.19. The van der Waals surface area contributed by atoms with Crippen LogP contribution in [0, 0.1) is 0 Å². The molecule has 2 unspecified atom stereocenters. The van der Waals surface area contributed by atoms with Crippen LogP contribution in [0.5, 0.6) is 0 Å². The highest BCUT2D eigenvalue weighted by molar-refractivity contribution is 5.90. The first-order chi connectivity index (χ1) is 13.5. The van der Waals surface area contributed by atoms with Gasteiger partial charge in [-0.2, -0.15) is 5.06 Å². The third-order valence-corrected chi connectivity index (χ3v) is 4.56. The zero-order chi connectivity index (χ0) is 20.1. The van der Waals surface area contributed by atoms with Gasteiger partial charge in [0.25, 0.3) is 11.8 Å². The molecule has 0 aromatic heterocycles. The van der Waals surface area contributed by atoms with Gasteiger partial charge in [-0.25, -0.2) is 9.59 Å². The molecule has 11 nitrogen and oxygen atoms in total. The number of carboxylic acid groups (broad SMARTS) is 1. The molecule has 0 radical (unpaired) electrons. The molecule has 150 valence electrons. The Morgan fingerprint density at radius 2 is 1.89 bits per heavy atom. The van der Waals surface area contributed by atoms with E-state index in [4.69, 9.17) is 9.94 Å². The lowest BCUT2D eigenvalue weighted by Gasteiger charge is -2.29. The van der Waals surface area contributed by atoms with Crippen LogP contribution in [0.15, 0.2) is 30.3 Å². The number of benzene rings is 1. The molecule has 2 saturated heterocycles. The summed E-state index contributed by atoms with van der Waals surface area (Å²) in [6.07, 6.45) is -0.335. The SMILES string of the molecule is O=C(O)NCC(=O)NNC(=O)C1CCC2CN1C(=O)N2OCc1ccccc1. The Morgan fingerprint density at radius 3 is 2.61 bits per heavy atom. The normalized spacial score (nSPS) is 20.6. The number of piperidine rings is 1. The van der Waals surface area contributed by atoms with E-state index in [0.29, 0.717) is 19.4 Å². The van der Waals surface area contributed by atoms with Gasteiger partial charge in [0, 0.05) is 6.54 Å². The zero-order valence-electron chi connectivity index (χ0n) is 15.0. The Morgan fingerprint density at radius 1 is 1.14 bits per heavy atom. The predicted octanol–water partition coefficient (Wildman–Crippen LogP) is -0.198. The maximum absolute atomic E-state index is 12.6. The van der Waals surface area contributed by atoms with Gasteiger partial charge >= 0.3 is 12.1 Å². The molecule has 0 aliphatic carbocycles. The Balaban J connectivity index is 1.51. The number of hydrogen-bond donors (Lipinski definition) is 4. The van der Waals surface area contributed by atoms with E-state index in [0.717, 1.165) is 5.56 Å². The Hall–Kier alpha value is -3.34. The van der Waals surface area contributed by atoms with Crippen molar-refractivity contribution in [3.05, 3.63) is 35.9 Å². The lowest BCUT2D eigenvalue weighted by atomic mass is 10.0. The summed E-state index contributed by atoms with van der Waals surface area (Å²) in [5.41, 5.74) is 5.28. The molecular weight excluding hydrogens is 370 g/mol. The minimum absolute atomic E-state index is 0.130. The van der Waals surface area contributed by atoms with Crippen molar-refractivity contribution in [1.29, 1.82) is 0 Å². The van der Waals surface area contributed by atoms with Crippen LogP contribution >= 0.6 is 0 Å². The number of hydrazine groups is 1. The number of amides is 5. The molecule has 2 atom stereocenters. The fourth-order valence-electron chi connectivity index (χ4n) is 3.20. The maximum atomic E-state index is 12.6. The summed E-state index contributed by atoms with van der Waals surface area (Å²) in [6.45, 7) is 0.118. The van der Waals surface area contributed by atoms with Gasteiger partial charge in [0.2, 0.25) is 0 Å². The van der Waals surface area contributed by atoms with Gasteiger partial charge < -0.3 is 15.3 Å². The van der Waals surface area contributed by atoms with E-state index in [1.54, 1.807) is 0 Å². The number of urea groups is 1. The van der Waals surface area contributed by atoms with Crippen molar-refractivity contribution in [1.82, 2.24) is 26.1 Å². The average molecular weight is 391 g/mol. The lowest BCUT2D eigenvalue weighted by Crippen LogP contribution is -2.55. The molecule has 2 aliphatic rings. The van der Waals surface area contributed by atoms with Gasteiger partial charge in [-0.05, 0) is 18.4 Å². The topological polar surface area (TPSA) is 140 Å². The van der Waals surface area contributed by atoms with E-state index in [2.05, 4.69) is 10.9 Å². The highest BCUT2D eigenvalue weighted by Gasteiger charge is 2.47. The van der Waals surface area contributed by atoms with E-state index in [1.165, 1.54) is 9.96 Å². The van der Waals surface area contributed by atoms with Gasteiger partial charge in [-0.1, -0.05) is 30.3 Å². The molecule has 2 bridgehead atoms. The molecule has 5 amide bonds. The molecular formula is C17H21N5O6. The molecule has 2 aliphatic heterocycles. The Bertz CT molecular complexity index is 758. The maximum Gasteiger partial charge on any atom is 0.405 e. The van der Waals surface area contributed by atoms with Crippen LogP contribution < -0.4 is 16.2 Å². The monoisotopic (exact) mass is 391 g/mol. The van der Waals surface area contributed by atoms with E-state index in [1.807, 2.05) is 35.6 Å². The van der Waals surface area contributed by atoms with Crippen molar-refractivity contribution >= 4 is 23.9 Å². The molecule has 2 fully saturated rings. The minimum atomic E-state index is -1.35. The van der Waals surface area contributed by atoms with E-state index in [-0.39, 0.29) is 12.6 Å². The van der Waals surface area contributed by atoms with E-state index in [9.17, 15) is 19.2 Å². The fraction of sp³-hybridized carbons (Fsp3) is 0.412. The number of hydrogen-bond acceptors (Lipinski definition) is 5. The van der Waals surface area contributed by atoms with Crippen molar-refractivity contribution in [3.63, 3.8) is 0 Å². The van der Waals surface area contributed by atoms with Crippen LogP contribution in [0.4, 0.5) is 9.59 Å². The molecule has 0 saturated carbocycles. The summed E-state index contributed by atoms with van der Waals surface area (Å²) in [7, 11) is 0. The van der Waals surface area contributed by atoms with Gasteiger partial charge in [0.15, 0.2) is 0 Å². The number of hydroxylamine groups is 2. The molecule has 28 heavy (non-hydrogen) atoms. The minimum Gasteiger partial charge on any atom is -0.465 e. The van der Waals surface area contributed by atoms with Crippen LogP contribution in [-0.2, 0) is 21.0 Å². The number of nitrogens with zero attached hydrogens (tertiary/aromatic N) is 2. The Labute approximate surface area is 160 Å². The number of carbonyl (C=O) groups is 4. The quantitative estimate of drug-likeness (QED) is 0.495. The fourth-order valence-corrected chi connectivity index (χ4v) is 3.20. The van der Waals surface area contributed by atoms with Crippen LogP contribution in [0.2, 0.25) is 0 Å². The van der Waals surface area contributed by atoms with Crippen molar-refractivity contribution < 1.29 is 29.1 Å². The van der Waals surface area contributed by atoms with Gasteiger partial charge in [-0.3, -0.25) is 25.3 Å². The standard InChI is InChI=1S/C17H21N5O6/c23-14(8-18-16(25)26)19-20-15(24)13-7-6-12-9-21(13)17(27)22(12)28-10-11-4-2-1-3-5-11/h1-5,12-13,18H,6-10H2,(H,19,23)(H,20,24)(H,25,26). The van der Waals surface area contributed by atoms with Crippen molar-refractivity contribution in [2.24, 2.45) is 0 Å². The van der Waals surface area contributed by atoms with Crippen LogP contribution in [-0.4, -0.2) is 64.2 Å². The highest BCUT2D eigenvalue weighted by Crippen LogP contribution is 2.30. The number of nitrogens with one attached hydrogen (secondary N) is 3. The number of fused-ring (bicyclic) bond motifs is 2. The second-order valence-corrected chi connectivity index (χ2v) is 6.46. The first-order valence-electron chi connectivity index (χ1n) is 8.78. The summed E-state index contributed by atoms with van der Waals surface area (Å²) in [4.78, 5) is 53.9. The van der Waals surface area contributed by atoms with E-state index >= 15 is 0 Å². The summed E-state index contributed by atoms with van der Waals surface area (Å²) < 4.78 is 0. The van der Waals surface area contributed by atoms with Crippen molar-refractivity contribution in [2.45, 2.75) is 31.5 Å². The van der Waals surface area contributed by atoms with Crippen LogP contribution in [0.3, 0.4) is 0 Å². The average Bonchev–Trinajstić information content (AvgIpc) is 2.93. The molecule has 3 rings (SSSR count). The molecule has 1 aromatic rings. The highest BCUT2D eigenvalue weighted by atomic mass is 16.7. The van der Waals surface area contributed by atoms with Gasteiger partial charge in [0.05, 0.1) is 6.04 Å². The van der Waals surface area contributed by atoms with Crippen LogP contribution in [0.25, 0.3) is 0 Å². The molecule has 11 heteroatoms. The third-order valence-electron chi connectivity index (χ3n) is 4.56. The molecule has 4 N–H and O–H groups in total. The summed E-state index contributed by atoms with van der Waals surface area (Å²) in [5, 5.41) is 11.6. The lowest BCUT2D eigenvalue weighted by molar-refractivity contribution is -0.140. The third kappa shape index (κ3) is 4.49.